The van der Waals surface area contributed by atoms with E-state index in [2.05, 4.69) is 16.0 Å². The van der Waals surface area contributed by atoms with Gasteiger partial charge in [0.15, 0.2) is 0 Å². The molecule has 0 bridgehead atoms. The summed E-state index contributed by atoms with van der Waals surface area (Å²) in [6.45, 7) is 6.38. The molecular formula is C14H27F2N3O2. The summed E-state index contributed by atoms with van der Waals surface area (Å²) in [4.78, 5) is 11.3. The number of carbonyl (C=O) groups is 1. The maximum Gasteiger partial charge on any atom is 0.407 e. The predicted octanol–water partition coefficient (Wildman–Crippen LogP) is 1.74. The van der Waals surface area contributed by atoms with E-state index in [1.165, 1.54) is 0 Å². The quantitative estimate of drug-likeness (QED) is 0.699. The molecule has 0 spiro atoms. The van der Waals surface area contributed by atoms with E-state index in [0.717, 1.165) is 25.9 Å². The van der Waals surface area contributed by atoms with Gasteiger partial charge < -0.3 is 20.7 Å². The summed E-state index contributed by atoms with van der Waals surface area (Å²) in [6, 6.07) is 0. The molecule has 21 heavy (non-hydrogen) atoms. The highest BCUT2D eigenvalue weighted by molar-refractivity contribution is 5.67. The molecule has 7 heteroatoms. The number of nitrogens with one attached hydrogen (secondary N) is 3. The van der Waals surface area contributed by atoms with E-state index in [0.29, 0.717) is 12.5 Å². The third kappa shape index (κ3) is 8.83. The maximum atomic E-state index is 13.6. The van der Waals surface area contributed by atoms with E-state index in [9.17, 15) is 13.6 Å². The molecule has 1 aliphatic rings. The molecule has 1 saturated heterocycles. The van der Waals surface area contributed by atoms with Crippen molar-refractivity contribution in [3.63, 3.8) is 0 Å². The first-order valence-corrected chi connectivity index (χ1v) is 7.44. The van der Waals surface area contributed by atoms with Gasteiger partial charge in [-0.15, -0.1) is 0 Å². The minimum Gasteiger partial charge on any atom is -0.444 e. The second kappa shape index (κ2) is 7.89. The van der Waals surface area contributed by atoms with Crippen LogP contribution < -0.4 is 16.0 Å². The van der Waals surface area contributed by atoms with Crippen LogP contribution in [0.4, 0.5) is 13.6 Å². The van der Waals surface area contributed by atoms with Crippen LogP contribution in [-0.2, 0) is 4.74 Å². The second-order valence-corrected chi connectivity index (χ2v) is 6.54. The number of halogens is 2. The Morgan fingerprint density at radius 2 is 1.86 bits per heavy atom. The molecule has 3 N–H and O–H groups in total. The van der Waals surface area contributed by atoms with E-state index >= 15 is 0 Å². The fourth-order valence-electron chi connectivity index (χ4n) is 2.12. The molecular weight excluding hydrogens is 280 g/mol. The van der Waals surface area contributed by atoms with Gasteiger partial charge >= 0.3 is 6.09 Å². The lowest BCUT2D eigenvalue weighted by Crippen LogP contribution is -2.46. The molecule has 124 valence electrons. The Kier molecular flexibility index (Phi) is 6.80. The average molecular weight is 307 g/mol. The van der Waals surface area contributed by atoms with Gasteiger partial charge in [-0.1, -0.05) is 0 Å². The van der Waals surface area contributed by atoms with E-state index in [4.69, 9.17) is 4.74 Å². The Morgan fingerprint density at radius 1 is 1.24 bits per heavy atom. The Balaban J connectivity index is 2.18. The number of hydrogen-bond acceptors (Lipinski definition) is 4. The summed E-state index contributed by atoms with van der Waals surface area (Å²) in [5.74, 6) is -2.54. The molecule has 0 saturated carbocycles. The minimum atomic E-state index is -2.98. The van der Waals surface area contributed by atoms with E-state index in [1.807, 2.05) is 0 Å². The molecule has 0 aromatic heterocycles. The fourth-order valence-corrected chi connectivity index (χ4v) is 2.12. The molecule has 1 amide bonds. The number of carbonyl (C=O) groups excluding carboxylic acids is 1. The SMILES string of the molecule is CC(C)(C)OC(=O)NCC(F)(F)CNCC1CCNCC1. The molecule has 0 atom stereocenters. The third-order valence-electron chi connectivity index (χ3n) is 3.17. The second-order valence-electron chi connectivity index (χ2n) is 6.54. The lowest BCUT2D eigenvalue weighted by Gasteiger charge is -2.25. The zero-order valence-electron chi connectivity index (χ0n) is 13.1. The van der Waals surface area contributed by atoms with E-state index < -0.39 is 30.7 Å². The van der Waals surface area contributed by atoms with E-state index in [-0.39, 0.29) is 0 Å². The van der Waals surface area contributed by atoms with Crippen LogP contribution in [0.2, 0.25) is 0 Å². The van der Waals surface area contributed by atoms with Gasteiger partial charge in [0.2, 0.25) is 0 Å². The monoisotopic (exact) mass is 307 g/mol. The first-order chi connectivity index (χ1) is 9.68. The van der Waals surface area contributed by atoms with Crippen LogP contribution in [0.1, 0.15) is 33.6 Å². The highest BCUT2D eigenvalue weighted by Crippen LogP contribution is 2.14. The molecule has 1 fully saturated rings. The van der Waals surface area contributed by atoms with Crippen LogP contribution in [-0.4, -0.2) is 50.3 Å². The van der Waals surface area contributed by atoms with Gasteiger partial charge in [-0.3, -0.25) is 0 Å². The Bertz CT molecular complexity index is 327. The molecule has 0 aromatic carbocycles. The van der Waals surface area contributed by atoms with Gasteiger partial charge in [0, 0.05) is 0 Å². The largest absolute Gasteiger partial charge is 0.444 e. The molecule has 0 aromatic rings. The summed E-state index contributed by atoms with van der Waals surface area (Å²) in [7, 11) is 0. The first-order valence-electron chi connectivity index (χ1n) is 7.44. The predicted molar refractivity (Wildman–Crippen MR) is 77.6 cm³/mol. The van der Waals surface area contributed by atoms with E-state index in [1.54, 1.807) is 20.8 Å². The Labute approximate surface area is 125 Å². The number of alkyl halides is 2. The normalized spacial score (nSPS) is 17.6. The number of rotatable bonds is 6. The Morgan fingerprint density at radius 3 is 2.43 bits per heavy atom. The minimum absolute atomic E-state index is 0.438. The standard InChI is InChI=1S/C14H27F2N3O2/c1-13(2,3)21-12(20)19-10-14(15,16)9-18-8-11-4-6-17-7-5-11/h11,17-18H,4-10H2,1-3H3,(H,19,20). The maximum absolute atomic E-state index is 13.6. The van der Waals surface area contributed by atoms with Crippen LogP contribution in [0.3, 0.4) is 0 Å². The van der Waals surface area contributed by atoms with Gasteiger partial charge in [-0.25, -0.2) is 13.6 Å². The lowest BCUT2D eigenvalue weighted by molar-refractivity contribution is -0.00424. The zero-order chi connectivity index (χ0) is 15.9. The van der Waals surface area contributed by atoms with Crippen molar-refractivity contribution < 1.29 is 18.3 Å². The number of piperidine rings is 1. The molecule has 0 radical (unpaired) electrons. The number of hydrogen-bond donors (Lipinski definition) is 3. The van der Waals surface area contributed by atoms with Gasteiger partial charge in [-0.05, 0) is 59.2 Å². The summed E-state index contributed by atoms with van der Waals surface area (Å²) >= 11 is 0. The number of amides is 1. The highest BCUT2D eigenvalue weighted by atomic mass is 19.3. The van der Waals surface area contributed by atoms with Crippen molar-refractivity contribution in [2.24, 2.45) is 5.92 Å². The first kappa shape index (κ1) is 18.1. The van der Waals surface area contributed by atoms with Gasteiger partial charge in [0.05, 0.1) is 13.1 Å². The topological polar surface area (TPSA) is 62.4 Å². The van der Waals surface area contributed by atoms with Crippen LogP contribution in [0.5, 0.6) is 0 Å². The molecule has 1 rings (SSSR count). The third-order valence-corrected chi connectivity index (χ3v) is 3.17. The molecule has 0 aliphatic carbocycles. The number of alkyl carbamates (subject to hydrolysis) is 1. The van der Waals surface area contributed by atoms with Crippen molar-refractivity contribution in [2.75, 3.05) is 32.7 Å². The van der Waals surface area contributed by atoms with Crippen LogP contribution in [0, 0.1) is 5.92 Å². The van der Waals surface area contributed by atoms with Crippen LogP contribution in [0.25, 0.3) is 0 Å². The van der Waals surface area contributed by atoms with Crippen molar-refractivity contribution in [1.82, 2.24) is 16.0 Å². The summed E-state index contributed by atoms with van der Waals surface area (Å²) < 4.78 is 32.2. The Hall–Kier alpha value is -0.950. The smallest absolute Gasteiger partial charge is 0.407 e. The van der Waals surface area contributed by atoms with Crippen molar-refractivity contribution in [3.05, 3.63) is 0 Å². The number of ether oxygens (including phenoxy) is 1. The van der Waals surface area contributed by atoms with Gasteiger partial charge in [0.1, 0.15) is 5.60 Å². The van der Waals surface area contributed by atoms with Gasteiger partial charge in [0.25, 0.3) is 5.92 Å². The lowest BCUT2D eigenvalue weighted by atomic mass is 9.98. The van der Waals surface area contributed by atoms with Crippen LogP contribution >= 0.6 is 0 Å². The zero-order valence-corrected chi connectivity index (χ0v) is 13.1. The van der Waals surface area contributed by atoms with Crippen molar-refractivity contribution in [3.8, 4) is 0 Å². The average Bonchev–Trinajstić information content (AvgIpc) is 2.36. The summed E-state index contributed by atoms with van der Waals surface area (Å²) in [5.41, 5.74) is -0.688. The van der Waals surface area contributed by atoms with Crippen molar-refractivity contribution >= 4 is 6.09 Å². The molecule has 5 nitrogen and oxygen atoms in total. The van der Waals surface area contributed by atoms with Crippen molar-refractivity contribution in [2.45, 2.75) is 45.1 Å². The fraction of sp³-hybridized carbons (Fsp3) is 0.929. The van der Waals surface area contributed by atoms with Crippen molar-refractivity contribution in [1.29, 1.82) is 0 Å². The summed E-state index contributed by atoms with van der Waals surface area (Å²) in [6.07, 6.45) is 1.20. The van der Waals surface area contributed by atoms with Crippen LogP contribution in [0.15, 0.2) is 0 Å². The van der Waals surface area contributed by atoms with Gasteiger partial charge in [-0.2, -0.15) is 0 Å². The highest BCUT2D eigenvalue weighted by Gasteiger charge is 2.30. The summed E-state index contributed by atoms with van der Waals surface area (Å²) in [5, 5.41) is 8.14. The molecule has 1 heterocycles. The molecule has 1 aliphatic heterocycles. The molecule has 0 unspecified atom stereocenters.